The molecular formula is C12H13FO2. The van der Waals surface area contributed by atoms with Crippen LogP contribution in [0.4, 0.5) is 4.39 Å². The van der Waals surface area contributed by atoms with Crippen LogP contribution in [0.3, 0.4) is 0 Å². The van der Waals surface area contributed by atoms with Gasteiger partial charge in [0.1, 0.15) is 5.82 Å². The minimum Gasteiger partial charge on any atom is -0.396 e. The molecule has 0 amide bonds. The minimum atomic E-state index is -0.515. The van der Waals surface area contributed by atoms with Gasteiger partial charge in [-0.1, -0.05) is 18.2 Å². The largest absolute Gasteiger partial charge is 0.396 e. The zero-order valence-corrected chi connectivity index (χ0v) is 8.53. The highest BCUT2D eigenvalue weighted by atomic mass is 19.1. The molecular weight excluding hydrogens is 195 g/mol. The third kappa shape index (κ3) is 2.73. The van der Waals surface area contributed by atoms with Crippen LogP contribution in [0.25, 0.3) is 6.08 Å². The molecule has 0 aliphatic heterocycles. The van der Waals surface area contributed by atoms with Gasteiger partial charge in [0.15, 0.2) is 6.29 Å². The van der Waals surface area contributed by atoms with Crippen LogP contribution in [0, 0.1) is 12.7 Å². The van der Waals surface area contributed by atoms with Gasteiger partial charge in [0, 0.05) is 6.61 Å². The first-order valence-corrected chi connectivity index (χ1v) is 4.72. The Kier molecular flexibility index (Phi) is 4.18. The quantitative estimate of drug-likeness (QED) is 0.771. The zero-order chi connectivity index (χ0) is 11.3. The van der Waals surface area contributed by atoms with Gasteiger partial charge in [0.25, 0.3) is 0 Å². The van der Waals surface area contributed by atoms with Gasteiger partial charge >= 0.3 is 0 Å². The maximum Gasteiger partial charge on any atom is 0.153 e. The summed E-state index contributed by atoms with van der Waals surface area (Å²) in [7, 11) is 0. The molecule has 0 fully saturated rings. The van der Waals surface area contributed by atoms with Gasteiger partial charge < -0.3 is 5.11 Å². The van der Waals surface area contributed by atoms with Crippen LogP contribution in [0.1, 0.15) is 27.9 Å². The highest BCUT2D eigenvalue weighted by Crippen LogP contribution is 2.18. The number of aryl methyl sites for hydroxylation is 1. The fraction of sp³-hybridized carbons (Fsp3) is 0.250. The van der Waals surface area contributed by atoms with Gasteiger partial charge in [0.2, 0.25) is 0 Å². The molecule has 0 saturated heterocycles. The molecule has 1 aromatic rings. The smallest absolute Gasteiger partial charge is 0.153 e. The molecule has 0 spiro atoms. The van der Waals surface area contributed by atoms with Gasteiger partial charge in [-0.3, -0.25) is 4.79 Å². The molecule has 0 radical (unpaired) electrons. The van der Waals surface area contributed by atoms with Crippen molar-refractivity contribution in [1.29, 1.82) is 0 Å². The molecule has 0 bridgehead atoms. The van der Waals surface area contributed by atoms with Crippen molar-refractivity contribution < 1.29 is 14.3 Å². The van der Waals surface area contributed by atoms with Crippen molar-refractivity contribution in [3.8, 4) is 0 Å². The number of hydrogen-bond acceptors (Lipinski definition) is 2. The average Bonchev–Trinajstić information content (AvgIpc) is 2.23. The number of rotatable bonds is 4. The van der Waals surface area contributed by atoms with Gasteiger partial charge in [-0.05, 0) is 30.5 Å². The first kappa shape index (κ1) is 11.6. The lowest BCUT2D eigenvalue weighted by molar-refractivity contribution is 0.111. The van der Waals surface area contributed by atoms with Crippen molar-refractivity contribution in [2.45, 2.75) is 13.3 Å². The predicted molar refractivity (Wildman–Crippen MR) is 57.3 cm³/mol. The van der Waals surface area contributed by atoms with E-state index in [1.54, 1.807) is 18.2 Å². The summed E-state index contributed by atoms with van der Waals surface area (Å²) in [5, 5.41) is 8.60. The molecule has 0 aliphatic rings. The third-order valence-electron chi connectivity index (χ3n) is 2.15. The number of carbonyl (C=O) groups excluding carboxylic acids is 1. The van der Waals surface area contributed by atoms with Crippen molar-refractivity contribution in [2.24, 2.45) is 0 Å². The minimum absolute atomic E-state index is 0.0429. The number of halogens is 1. The van der Waals surface area contributed by atoms with Gasteiger partial charge in [-0.15, -0.1) is 0 Å². The highest BCUT2D eigenvalue weighted by Gasteiger charge is 2.07. The Hall–Kier alpha value is -1.48. The summed E-state index contributed by atoms with van der Waals surface area (Å²) in [6.07, 6.45) is 4.39. The van der Waals surface area contributed by atoms with Crippen LogP contribution in [-0.2, 0) is 0 Å². The number of aliphatic hydroxyl groups is 1. The lowest BCUT2D eigenvalue weighted by atomic mass is 10.0. The summed E-state index contributed by atoms with van der Waals surface area (Å²) in [5.41, 5.74) is 1.50. The molecule has 0 aliphatic carbocycles. The van der Waals surface area contributed by atoms with Gasteiger partial charge in [0.05, 0.1) is 5.56 Å². The van der Waals surface area contributed by atoms with Gasteiger partial charge in [-0.2, -0.15) is 0 Å². The third-order valence-corrected chi connectivity index (χ3v) is 2.15. The van der Waals surface area contributed by atoms with Crippen LogP contribution in [0.15, 0.2) is 18.2 Å². The Morgan fingerprint density at radius 3 is 2.73 bits per heavy atom. The van der Waals surface area contributed by atoms with E-state index in [0.29, 0.717) is 18.3 Å². The Balaban J connectivity index is 3.13. The lowest BCUT2D eigenvalue weighted by Crippen LogP contribution is -1.95. The van der Waals surface area contributed by atoms with Crippen molar-refractivity contribution in [3.05, 3.63) is 40.7 Å². The summed E-state index contributed by atoms with van der Waals surface area (Å²) >= 11 is 0. The second-order valence-electron chi connectivity index (χ2n) is 3.22. The van der Waals surface area contributed by atoms with E-state index < -0.39 is 5.82 Å². The van der Waals surface area contributed by atoms with Crippen LogP contribution in [0.5, 0.6) is 0 Å². The van der Waals surface area contributed by atoms with E-state index in [2.05, 4.69) is 0 Å². The van der Waals surface area contributed by atoms with Crippen LogP contribution < -0.4 is 0 Å². The molecule has 0 unspecified atom stereocenters. The van der Waals surface area contributed by atoms with E-state index in [-0.39, 0.29) is 12.2 Å². The predicted octanol–water partition coefficient (Wildman–Crippen LogP) is 2.34. The lowest BCUT2D eigenvalue weighted by Gasteiger charge is -2.04. The number of aldehydes is 1. The van der Waals surface area contributed by atoms with E-state index >= 15 is 0 Å². The van der Waals surface area contributed by atoms with Crippen molar-refractivity contribution >= 4 is 12.4 Å². The Morgan fingerprint density at radius 2 is 2.13 bits per heavy atom. The molecule has 3 heteroatoms. The fourth-order valence-corrected chi connectivity index (χ4v) is 1.34. The van der Waals surface area contributed by atoms with E-state index in [1.165, 1.54) is 6.07 Å². The van der Waals surface area contributed by atoms with E-state index in [1.807, 2.05) is 6.92 Å². The molecule has 0 saturated carbocycles. The standard InChI is InChI=1S/C12H13FO2/c1-9-5-6-12(13)11(8-15)10(9)4-2-3-7-14/h2,4-6,8,14H,3,7H2,1H3. The summed E-state index contributed by atoms with van der Waals surface area (Å²) in [4.78, 5) is 10.7. The summed E-state index contributed by atoms with van der Waals surface area (Å²) < 4.78 is 13.2. The molecule has 15 heavy (non-hydrogen) atoms. The van der Waals surface area contributed by atoms with Crippen molar-refractivity contribution in [3.63, 3.8) is 0 Å². The van der Waals surface area contributed by atoms with Crippen LogP contribution in [-0.4, -0.2) is 18.0 Å². The molecule has 0 atom stereocenters. The molecule has 80 valence electrons. The number of benzene rings is 1. The number of carbonyl (C=O) groups is 1. The maximum atomic E-state index is 13.2. The van der Waals surface area contributed by atoms with Crippen molar-refractivity contribution in [1.82, 2.24) is 0 Å². The van der Waals surface area contributed by atoms with Gasteiger partial charge in [-0.25, -0.2) is 4.39 Å². The van der Waals surface area contributed by atoms with E-state index in [9.17, 15) is 9.18 Å². The number of hydrogen-bond donors (Lipinski definition) is 1. The average molecular weight is 208 g/mol. The zero-order valence-electron chi connectivity index (χ0n) is 8.53. The second-order valence-corrected chi connectivity index (χ2v) is 3.22. The molecule has 1 rings (SSSR count). The van der Waals surface area contributed by atoms with E-state index in [4.69, 9.17) is 5.11 Å². The normalized spacial score (nSPS) is 10.9. The molecule has 0 heterocycles. The van der Waals surface area contributed by atoms with E-state index in [0.717, 1.165) is 5.56 Å². The molecule has 2 nitrogen and oxygen atoms in total. The SMILES string of the molecule is Cc1ccc(F)c(C=O)c1C=CCCO. The Labute approximate surface area is 88.1 Å². The van der Waals surface area contributed by atoms with Crippen molar-refractivity contribution in [2.75, 3.05) is 6.61 Å². The monoisotopic (exact) mass is 208 g/mol. The first-order chi connectivity index (χ1) is 7.20. The van der Waals surface area contributed by atoms with Crippen LogP contribution in [0.2, 0.25) is 0 Å². The summed E-state index contributed by atoms with van der Waals surface area (Å²) in [6.45, 7) is 1.85. The maximum absolute atomic E-state index is 13.2. The molecule has 0 aromatic heterocycles. The molecule has 1 N–H and O–H groups in total. The number of aliphatic hydroxyl groups excluding tert-OH is 1. The Bertz CT molecular complexity index is 383. The highest BCUT2D eigenvalue weighted by molar-refractivity contribution is 5.83. The molecule has 1 aromatic carbocycles. The van der Waals surface area contributed by atoms with Crippen LogP contribution >= 0.6 is 0 Å². The second kappa shape index (κ2) is 5.41. The Morgan fingerprint density at radius 1 is 1.40 bits per heavy atom. The first-order valence-electron chi connectivity index (χ1n) is 4.72. The topological polar surface area (TPSA) is 37.3 Å². The summed E-state index contributed by atoms with van der Waals surface area (Å²) in [5.74, 6) is -0.515. The summed E-state index contributed by atoms with van der Waals surface area (Å²) in [6, 6.07) is 2.91. The fourth-order valence-electron chi connectivity index (χ4n) is 1.34.